The van der Waals surface area contributed by atoms with E-state index in [2.05, 4.69) is 15.9 Å². The van der Waals surface area contributed by atoms with Crippen molar-refractivity contribution in [2.45, 2.75) is 129 Å². The molecule has 0 aliphatic heterocycles. The second kappa shape index (κ2) is 14.0. The topological polar surface area (TPSA) is 0 Å². The summed E-state index contributed by atoms with van der Waals surface area (Å²) in [6.07, 6.45) is -10.3. The van der Waals surface area contributed by atoms with E-state index in [4.69, 9.17) is 0 Å². The van der Waals surface area contributed by atoms with Gasteiger partial charge in [-0.25, -0.2) is 0 Å². The average molecular weight is 839 g/mol. The fraction of sp³-hybridized carbons (Fsp3) is 1.00. The molecule has 0 heterocycles. The van der Waals surface area contributed by atoms with Crippen LogP contribution < -0.4 is 0 Å². The molecule has 26 heteroatoms. The van der Waals surface area contributed by atoms with Gasteiger partial charge in [0.25, 0.3) is 0 Å². The third kappa shape index (κ3) is 7.10. The van der Waals surface area contributed by atoms with Gasteiger partial charge in [0, 0.05) is 11.8 Å². The zero-order valence-corrected chi connectivity index (χ0v) is 24.5. The molecule has 290 valence electrons. The Morgan fingerprint density at radius 2 is 0.458 bits per heavy atom. The van der Waals surface area contributed by atoms with Gasteiger partial charge in [0.2, 0.25) is 0 Å². The zero-order chi connectivity index (χ0) is 39.1. The standard InChI is InChI=1S/C22H20BrF25/c23-10-8-6-4-2-1-3-5-7-9-11(24,25)12(26,27)13(28,29)14(30,31)15(32,33)16(34,35)17(36,37)18(38,39)19(40,41)20(42,43)21(44,45)22(46,47)48/h1-10H2. The fourth-order valence-electron chi connectivity index (χ4n) is 3.64. The van der Waals surface area contributed by atoms with Gasteiger partial charge < -0.3 is 0 Å². The molecular formula is C22H20BrF25. The van der Waals surface area contributed by atoms with Crippen LogP contribution in [0.25, 0.3) is 0 Å². The van der Waals surface area contributed by atoms with Crippen LogP contribution in [0.3, 0.4) is 0 Å². The van der Waals surface area contributed by atoms with E-state index in [1.165, 1.54) is 0 Å². The molecule has 0 saturated carbocycles. The Bertz CT molecular complexity index is 1040. The van der Waals surface area contributed by atoms with Crippen LogP contribution in [0.5, 0.6) is 0 Å². The Morgan fingerprint density at radius 3 is 0.708 bits per heavy atom. The van der Waals surface area contributed by atoms with Crippen LogP contribution in [0.2, 0.25) is 0 Å². The van der Waals surface area contributed by atoms with Crippen molar-refractivity contribution >= 4 is 15.9 Å². The minimum absolute atomic E-state index is 0.116. The number of alkyl halides is 26. The monoisotopic (exact) mass is 838 g/mol. The maximum Gasteiger partial charge on any atom is 0.460 e. The summed E-state index contributed by atoms with van der Waals surface area (Å²) in [6, 6.07) is 0. The van der Waals surface area contributed by atoms with Gasteiger partial charge in [-0.3, -0.25) is 0 Å². The van der Waals surface area contributed by atoms with Crippen molar-refractivity contribution in [3.63, 3.8) is 0 Å². The molecule has 0 aromatic rings. The van der Waals surface area contributed by atoms with E-state index in [0.29, 0.717) is 31.0 Å². The van der Waals surface area contributed by atoms with Crippen LogP contribution in [0.1, 0.15) is 57.8 Å². The molecule has 0 nitrogen and oxygen atoms in total. The van der Waals surface area contributed by atoms with Crippen LogP contribution in [0.4, 0.5) is 110 Å². The van der Waals surface area contributed by atoms with Gasteiger partial charge in [-0.2, -0.15) is 110 Å². The highest BCUT2D eigenvalue weighted by atomic mass is 79.9. The molecule has 0 radical (unpaired) electrons. The maximum absolute atomic E-state index is 14.0. The van der Waals surface area contributed by atoms with E-state index >= 15 is 0 Å². The van der Waals surface area contributed by atoms with Crippen LogP contribution in [-0.2, 0) is 0 Å². The van der Waals surface area contributed by atoms with E-state index in [1.807, 2.05) is 0 Å². The van der Waals surface area contributed by atoms with Crippen molar-refractivity contribution in [1.82, 2.24) is 0 Å². The first-order valence-corrected chi connectivity index (χ1v) is 13.7. The zero-order valence-electron chi connectivity index (χ0n) is 22.9. The number of rotatable bonds is 20. The van der Waals surface area contributed by atoms with E-state index in [1.54, 1.807) is 0 Å². The molecule has 0 spiro atoms. The summed E-state index contributed by atoms with van der Waals surface area (Å²) in [7, 11) is 0. The lowest BCUT2D eigenvalue weighted by Crippen LogP contribution is -2.78. The van der Waals surface area contributed by atoms with Gasteiger partial charge in [0.05, 0.1) is 0 Å². The Balaban J connectivity index is 6.61. The highest BCUT2D eigenvalue weighted by Crippen LogP contribution is 2.67. The van der Waals surface area contributed by atoms with Crippen LogP contribution in [-0.4, -0.2) is 76.7 Å². The van der Waals surface area contributed by atoms with Crippen LogP contribution >= 0.6 is 15.9 Å². The number of halogens is 26. The minimum atomic E-state index is -9.57. The molecule has 0 fully saturated rings. The molecule has 0 rings (SSSR count). The largest absolute Gasteiger partial charge is 0.460 e. The molecule has 0 N–H and O–H groups in total. The highest BCUT2D eigenvalue weighted by Gasteiger charge is 2.99. The van der Waals surface area contributed by atoms with Crippen molar-refractivity contribution in [3.05, 3.63) is 0 Å². The first-order valence-electron chi connectivity index (χ1n) is 12.6. The fourth-order valence-corrected chi connectivity index (χ4v) is 4.04. The van der Waals surface area contributed by atoms with E-state index < -0.39 is 90.6 Å². The predicted molar refractivity (Wildman–Crippen MR) is 116 cm³/mol. The lowest BCUT2D eigenvalue weighted by Gasteiger charge is -2.45. The highest BCUT2D eigenvalue weighted by molar-refractivity contribution is 9.09. The summed E-state index contributed by atoms with van der Waals surface area (Å²) in [5.41, 5.74) is 0. The number of hydrogen-bond donors (Lipinski definition) is 0. The summed E-state index contributed by atoms with van der Waals surface area (Å²) in [4.78, 5) is 0. The minimum Gasteiger partial charge on any atom is -0.200 e. The van der Waals surface area contributed by atoms with Crippen molar-refractivity contribution in [1.29, 1.82) is 0 Å². The average Bonchev–Trinajstić information content (AvgIpc) is 2.90. The second-order valence-corrected chi connectivity index (χ2v) is 11.0. The molecule has 0 atom stereocenters. The summed E-state index contributed by atoms with van der Waals surface area (Å²) >= 11 is 3.09. The van der Waals surface area contributed by atoms with E-state index in [0.717, 1.165) is 0 Å². The molecule has 0 unspecified atom stereocenters. The molecule has 0 bridgehead atoms. The van der Waals surface area contributed by atoms with E-state index in [-0.39, 0.29) is 12.8 Å². The molecule has 0 saturated heterocycles. The Kier molecular flexibility index (Phi) is 13.7. The lowest BCUT2D eigenvalue weighted by atomic mass is 9.84. The second-order valence-electron chi connectivity index (χ2n) is 10.2. The predicted octanol–water partition coefficient (Wildman–Crippen LogP) is 12.4. The Labute approximate surface area is 260 Å². The molecule has 0 amide bonds. The number of hydrogen-bond acceptors (Lipinski definition) is 0. The van der Waals surface area contributed by atoms with Crippen molar-refractivity contribution in [2.24, 2.45) is 0 Å². The third-order valence-electron chi connectivity index (χ3n) is 6.74. The molecule has 0 aliphatic carbocycles. The summed E-state index contributed by atoms with van der Waals surface area (Å²) in [5.74, 6) is -97.6. The maximum atomic E-state index is 14.0. The normalized spacial score (nSPS) is 16.1. The van der Waals surface area contributed by atoms with Crippen molar-refractivity contribution < 1.29 is 110 Å². The summed E-state index contributed by atoms with van der Waals surface area (Å²) in [6.45, 7) is 0. The van der Waals surface area contributed by atoms with E-state index in [9.17, 15) is 110 Å². The molecular weight excluding hydrogens is 819 g/mol. The Morgan fingerprint density at radius 1 is 0.250 bits per heavy atom. The Hall–Kier alpha value is -1.27. The quantitative estimate of drug-likeness (QED) is 0.0651. The van der Waals surface area contributed by atoms with Gasteiger partial charge in [-0.1, -0.05) is 54.5 Å². The lowest BCUT2D eigenvalue weighted by molar-refractivity contribution is -0.482. The smallest absolute Gasteiger partial charge is 0.200 e. The molecule has 48 heavy (non-hydrogen) atoms. The molecule has 0 aliphatic rings. The van der Waals surface area contributed by atoms with Crippen molar-refractivity contribution in [3.8, 4) is 0 Å². The van der Waals surface area contributed by atoms with Crippen LogP contribution in [0, 0.1) is 0 Å². The molecule has 0 aromatic carbocycles. The number of unbranched alkanes of at least 4 members (excludes halogenated alkanes) is 7. The van der Waals surface area contributed by atoms with Gasteiger partial charge in [-0.15, -0.1) is 0 Å². The van der Waals surface area contributed by atoms with Gasteiger partial charge in [0.15, 0.2) is 0 Å². The molecule has 0 aromatic heterocycles. The summed E-state index contributed by atoms with van der Waals surface area (Å²) in [5, 5.41) is 0.611. The SMILES string of the molecule is FC(F)(F)C(F)(F)C(F)(F)C(F)(F)C(F)(F)C(F)(F)C(F)(F)C(F)(F)C(F)(F)C(F)(F)C(F)(F)C(F)(F)CCCCCCCCCCBr. The first kappa shape index (κ1) is 46.7. The van der Waals surface area contributed by atoms with Gasteiger partial charge in [-0.05, 0) is 12.8 Å². The van der Waals surface area contributed by atoms with Gasteiger partial charge in [0.1, 0.15) is 0 Å². The van der Waals surface area contributed by atoms with Crippen LogP contribution in [0.15, 0.2) is 0 Å². The summed E-state index contributed by atoms with van der Waals surface area (Å²) < 4.78 is 337. The van der Waals surface area contributed by atoms with Crippen molar-refractivity contribution in [2.75, 3.05) is 5.33 Å². The third-order valence-corrected chi connectivity index (χ3v) is 7.30. The van der Waals surface area contributed by atoms with Gasteiger partial charge >= 0.3 is 71.3 Å². The first-order chi connectivity index (χ1) is 20.8.